The molecule has 0 spiro atoms. The molecule has 0 fully saturated rings. The Bertz CT molecular complexity index is 923. The van der Waals surface area contributed by atoms with Gasteiger partial charge in [-0.2, -0.15) is 0 Å². The SMILES string of the molecule is Cc1ccc(Nc2nnc(SCC(=O)N3CCc4ccccc43)s2)cc1. The summed E-state index contributed by atoms with van der Waals surface area (Å²) in [6.07, 6.45) is 0.927. The van der Waals surface area contributed by atoms with E-state index in [1.54, 1.807) is 0 Å². The summed E-state index contributed by atoms with van der Waals surface area (Å²) in [6.45, 7) is 2.81. The maximum Gasteiger partial charge on any atom is 0.237 e. The molecule has 0 aliphatic carbocycles. The summed E-state index contributed by atoms with van der Waals surface area (Å²) in [5.41, 5.74) is 4.47. The monoisotopic (exact) mass is 382 g/mol. The van der Waals surface area contributed by atoms with Crippen LogP contribution in [0.2, 0.25) is 0 Å². The van der Waals surface area contributed by atoms with Crippen LogP contribution in [0, 0.1) is 6.92 Å². The Kier molecular flexibility index (Phi) is 4.90. The first-order valence-corrected chi connectivity index (χ1v) is 10.2. The molecule has 132 valence electrons. The molecule has 1 aliphatic heterocycles. The summed E-state index contributed by atoms with van der Waals surface area (Å²) in [5.74, 6) is 0.483. The number of hydrogen-bond acceptors (Lipinski definition) is 6. The van der Waals surface area contributed by atoms with Gasteiger partial charge in [0.15, 0.2) is 4.34 Å². The van der Waals surface area contributed by atoms with Gasteiger partial charge in [0.2, 0.25) is 11.0 Å². The van der Waals surface area contributed by atoms with Gasteiger partial charge in [-0.3, -0.25) is 4.79 Å². The molecule has 26 heavy (non-hydrogen) atoms. The van der Waals surface area contributed by atoms with Crippen LogP contribution < -0.4 is 10.2 Å². The van der Waals surface area contributed by atoms with Crippen molar-refractivity contribution in [3.05, 3.63) is 59.7 Å². The van der Waals surface area contributed by atoms with Crippen molar-refractivity contribution < 1.29 is 4.79 Å². The van der Waals surface area contributed by atoms with Crippen molar-refractivity contribution in [3.63, 3.8) is 0 Å². The number of nitrogens with zero attached hydrogens (tertiary/aromatic N) is 3. The number of nitrogens with one attached hydrogen (secondary N) is 1. The Balaban J connectivity index is 1.35. The number of aryl methyl sites for hydroxylation is 1. The highest BCUT2D eigenvalue weighted by Gasteiger charge is 2.24. The molecule has 1 N–H and O–H groups in total. The van der Waals surface area contributed by atoms with Crippen LogP contribution in [0.15, 0.2) is 52.9 Å². The quantitative estimate of drug-likeness (QED) is 0.668. The predicted octanol–water partition coefficient (Wildman–Crippen LogP) is 4.27. The average Bonchev–Trinajstić information content (AvgIpc) is 3.28. The summed E-state index contributed by atoms with van der Waals surface area (Å²) in [6, 6.07) is 16.2. The fourth-order valence-electron chi connectivity index (χ4n) is 2.88. The van der Waals surface area contributed by atoms with E-state index in [0.717, 1.165) is 33.8 Å². The number of anilines is 3. The molecule has 3 aromatic rings. The largest absolute Gasteiger partial charge is 0.330 e. The normalized spacial score (nSPS) is 12.9. The molecule has 0 unspecified atom stereocenters. The first-order valence-electron chi connectivity index (χ1n) is 8.37. The third kappa shape index (κ3) is 3.73. The van der Waals surface area contributed by atoms with E-state index >= 15 is 0 Å². The molecule has 0 atom stereocenters. The molecule has 5 nitrogen and oxygen atoms in total. The third-order valence-corrected chi connectivity index (χ3v) is 6.17. The minimum absolute atomic E-state index is 0.114. The fourth-order valence-corrected chi connectivity index (χ4v) is 4.53. The Morgan fingerprint density at radius 3 is 2.85 bits per heavy atom. The fraction of sp³-hybridized carbons (Fsp3) is 0.211. The molecule has 4 rings (SSSR count). The molecule has 0 radical (unpaired) electrons. The zero-order valence-corrected chi connectivity index (χ0v) is 15.9. The molecule has 7 heteroatoms. The number of rotatable bonds is 5. The van der Waals surface area contributed by atoms with E-state index in [4.69, 9.17) is 0 Å². The zero-order valence-electron chi connectivity index (χ0n) is 14.3. The molecule has 1 aromatic heterocycles. The van der Waals surface area contributed by atoms with Gasteiger partial charge in [-0.25, -0.2) is 0 Å². The minimum atomic E-state index is 0.114. The highest BCUT2D eigenvalue weighted by Crippen LogP contribution is 2.31. The Hall–Kier alpha value is -2.38. The number of carbonyl (C=O) groups is 1. The summed E-state index contributed by atoms with van der Waals surface area (Å²) in [4.78, 5) is 14.4. The zero-order chi connectivity index (χ0) is 17.9. The number of amides is 1. The Labute approximate surface area is 160 Å². The molecule has 0 saturated heterocycles. The van der Waals surface area contributed by atoms with E-state index in [1.807, 2.05) is 47.4 Å². The lowest BCUT2D eigenvalue weighted by Crippen LogP contribution is -2.30. The summed E-state index contributed by atoms with van der Waals surface area (Å²) < 4.78 is 0.792. The lowest BCUT2D eigenvalue weighted by Gasteiger charge is -2.16. The summed E-state index contributed by atoms with van der Waals surface area (Å²) in [7, 11) is 0. The second kappa shape index (κ2) is 7.47. The van der Waals surface area contributed by atoms with Crippen LogP contribution in [-0.4, -0.2) is 28.4 Å². The van der Waals surface area contributed by atoms with Gasteiger partial charge >= 0.3 is 0 Å². The van der Waals surface area contributed by atoms with Crippen LogP contribution in [0.25, 0.3) is 0 Å². The van der Waals surface area contributed by atoms with Crippen LogP contribution in [0.4, 0.5) is 16.5 Å². The number of fused-ring (bicyclic) bond motifs is 1. The smallest absolute Gasteiger partial charge is 0.237 e. The number of thioether (sulfide) groups is 1. The molecule has 0 bridgehead atoms. The van der Waals surface area contributed by atoms with Crippen molar-refractivity contribution in [2.75, 3.05) is 22.5 Å². The maximum atomic E-state index is 12.6. The predicted molar refractivity (Wildman–Crippen MR) is 108 cm³/mol. The number of carbonyl (C=O) groups excluding carboxylic acids is 1. The number of para-hydroxylation sites is 1. The molecular formula is C19H18N4OS2. The van der Waals surface area contributed by atoms with E-state index in [9.17, 15) is 4.79 Å². The summed E-state index contributed by atoms with van der Waals surface area (Å²) >= 11 is 2.90. The molecule has 1 amide bonds. The highest BCUT2D eigenvalue weighted by molar-refractivity contribution is 8.01. The van der Waals surface area contributed by atoms with Gasteiger partial charge in [-0.05, 0) is 37.1 Å². The first-order chi connectivity index (χ1) is 12.7. The van der Waals surface area contributed by atoms with Gasteiger partial charge < -0.3 is 10.2 Å². The number of hydrogen-bond donors (Lipinski definition) is 1. The Morgan fingerprint density at radius 2 is 2.00 bits per heavy atom. The van der Waals surface area contributed by atoms with Gasteiger partial charge in [0.25, 0.3) is 0 Å². The van der Waals surface area contributed by atoms with Crippen molar-refractivity contribution in [1.29, 1.82) is 0 Å². The molecule has 2 aromatic carbocycles. The second-order valence-electron chi connectivity index (χ2n) is 6.08. The second-order valence-corrected chi connectivity index (χ2v) is 8.28. The van der Waals surface area contributed by atoms with E-state index in [0.29, 0.717) is 5.75 Å². The molecular weight excluding hydrogens is 364 g/mol. The van der Waals surface area contributed by atoms with Crippen LogP contribution >= 0.6 is 23.1 Å². The number of benzene rings is 2. The van der Waals surface area contributed by atoms with Gasteiger partial charge in [-0.1, -0.05) is 59.0 Å². The van der Waals surface area contributed by atoms with E-state index < -0.39 is 0 Å². The van der Waals surface area contributed by atoms with E-state index in [2.05, 4.69) is 28.5 Å². The van der Waals surface area contributed by atoms with Crippen molar-refractivity contribution in [3.8, 4) is 0 Å². The van der Waals surface area contributed by atoms with Gasteiger partial charge in [0.1, 0.15) is 0 Å². The average molecular weight is 383 g/mol. The van der Waals surface area contributed by atoms with Crippen molar-refractivity contribution >= 4 is 45.5 Å². The van der Waals surface area contributed by atoms with Crippen LogP contribution in [0.1, 0.15) is 11.1 Å². The van der Waals surface area contributed by atoms with Crippen LogP contribution in [0.5, 0.6) is 0 Å². The highest BCUT2D eigenvalue weighted by atomic mass is 32.2. The first kappa shape index (κ1) is 17.1. The van der Waals surface area contributed by atoms with Crippen molar-refractivity contribution in [2.24, 2.45) is 0 Å². The van der Waals surface area contributed by atoms with Crippen molar-refractivity contribution in [1.82, 2.24) is 10.2 Å². The van der Waals surface area contributed by atoms with Crippen LogP contribution in [-0.2, 0) is 11.2 Å². The van der Waals surface area contributed by atoms with Gasteiger partial charge in [0.05, 0.1) is 5.75 Å². The van der Waals surface area contributed by atoms with Gasteiger partial charge in [-0.15, -0.1) is 10.2 Å². The van der Waals surface area contributed by atoms with E-state index in [-0.39, 0.29) is 5.91 Å². The summed E-state index contributed by atoms with van der Waals surface area (Å²) in [5, 5.41) is 12.3. The molecule has 1 aliphatic rings. The minimum Gasteiger partial charge on any atom is -0.330 e. The molecule has 0 saturated carbocycles. The Morgan fingerprint density at radius 1 is 1.19 bits per heavy atom. The van der Waals surface area contributed by atoms with Crippen molar-refractivity contribution in [2.45, 2.75) is 17.7 Å². The standard InChI is InChI=1S/C19H18N4OS2/c1-13-6-8-15(9-7-13)20-18-21-22-19(26-18)25-12-17(24)23-11-10-14-4-2-3-5-16(14)23/h2-9H,10-12H2,1H3,(H,20,21). The lowest BCUT2D eigenvalue weighted by atomic mass is 10.2. The lowest BCUT2D eigenvalue weighted by molar-refractivity contribution is -0.116. The third-order valence-electron chi connectivity index (χ3n) is 4.22. The topological polar surface area (TPSA) is 58.1 Å². The number of aromatic nitrogens is 2. The van der Waals surface area contributed by atoms with Crippen LogP contribution in [0.3, 0.4) is 0 Å². The van der Waals surface area contributed by atoms with E-state index in [1.165, 1.54) is 34.2 Å². The molecule has 2 heterocycles. The maximum absolute atomic E-state index is 12.6. The van der Waals surface area contributed by atoms with Gasteiger partial charge in [0, 0.05) is 17.9 Å².